The van der Waals surface area contributed by atoms with Crippen molar-refractivity contribution in [3.63, 3.8) is 0 Å². The summed E-state index contributed by atoms with van der Waals surface area (Å²) in [5.74, 6) is 2.56. The van der Waals surface area contributed by atoms with Crippen molar-refractivity contribution in [2.45, 2.75) is 184 Å². The second kappa shape index (κ2) is 12.8. The van der Waals surface area contributed by atoms with Gasteiger partial charge in [0.2, 0.25) is 0 Å². The quantitative estimate of drug-likeness (QED) is 0.374. The standard InChI is InChI=1S/C22H38O2.C18H30O2/c1-19(2,3)15-13-16(20(4,5)6)18(24-22(10,11)12)17(14-15)23-21(7,8)9;1-16(2,3)12-10-13(17(4,5)6)15(19)14(11-12)20-18(7,8)9/h13-14H,1-12H3;10-11,19H,1-9H3. The Balaban J connectivity index is 0.000000447. The first-order valence-electron chi connectivity index (χ1n) is 16.3. The van der Waals surface area contributed by atoms with Crippen LogP contribution in [-0.2, 0) is 21.7 Å². The highest BCUT2D eigenvalue weighted by Crippen LogP contribution is 2.45. The minimum absolute atomic E-state index is 0.0176. The van der Waals surface area contributed by atoms with Gasteiger partial charge in [0.15, 0.2) is 23.0 Å². The Hall–Kier alpha value is -2.36. The number of phenolic OH excluding ortho intramolecular Hbond substituents is 1. The van der Waals surface area contributed by atoms with Gasteiger partial charge >= 0.3 is 0 Å². The Kier molecular flexibility index (Phi) is 11.5. The third kappa shape index (κ3) is 12.6. The fourth-order valence-electron chi connectivity index (χ4n) is 4.43. The van der Waals surface area contributed by atoms with E-state index in [1.807, 2.05) is 26.8 Å². The molecule has 0 saturated carbocycles. The molecule has 0 aromatic heterocycles. The smallest absolute Gasteiger partial charge is 0.165 e. The molecule has 0 radical (unpaired) electrons. The molecule has 0 spiro atoms. The van der Waals surface area contributed by atoms with Gasteiger partial charge in [0, 0.05) is 11.1 Å². The summed E-state index contributed by atoms with van der Waals surface area (Å²) in [7, 11) is 0. The molecule has 0 aliphatic rings. The molecule has 44 heavy (non-hydrogen) atoms. The summed E-state index contributed by atoms with van der Waals surface area (Å²) in [6.07, 6.45) is 0. The van der Waals surface area contributed by atoms with Gasteiger partial charge in [0.05, 0.1) is 0 Å². The Bertz CT molecular complexity index is 1250. The van der Waals surface area contributed by atoms with Crippen molar-refractivity contribution >= 4 is 0 Å². The maximum Gasteiger partial charge on any atom is 0.165 e. The summed E-state index contributed by atoms with van der Waals surface area (Å²) in [6, 6.07) is 8.51. The lowest BCUT2D eigenvalue weighted by atomic mass is 9.80. The molecule has 2 aromatic rings. The van der Waals surface area contributed by atoms with E-state index in [1.165, 1.54) is 16.7 Å². The van der Waals surface area contributed by atoms with Gasteiger partial charge in [-0.2, -0.15) is 0 Å². The zero-order valence-corrected chi connectivity index (χ0v) is 32.5. The third-order valence-electron chi connectivity index (χ3n) is 6.72. The van der Waals surface area contributed by atoms with Gasteiger partial charge < -0.3 is 19.3 Å². The maximum atomic E-state index is 10.6. The summed E-state index contributed by atoms with van der Waals surface area (Å²) in [5.41, 5.74) is 3.61. The van der Waals surface area contributed by atoms with E-state index in [-0.39, 0.29) is 44.2 Å². The highest BCUT2D eigenvalue weighted by molar-refractivity contribution is 5.54. The molecular weight excluding hydrogens is 544 g/mol. The van der Waals surface area contributed by atoms with Crippen LogP contribution >= 0.6 is 0 Å². The van der Waals surface area contributed by atoms with Crippen LogP contribution in [0.25, 0.3) is 0 Å². The molecule has 0 fully saturated rings. The predicted molar refractivity (Wildman–Crippen MR) is 190 cm³/mol. The summed E-state index contributed by atoms with van der Waals surface area (Å²) in [6.45, 7) is 44.7. The lowest BCUT2D eigenvalue weighted by Gasteiger charge is -2.34. The van der Waals surface area contributed by atoms with Crippen LogP contribution in [0.15, 0.2) is 24.3 Å². The molecule has 252 valence electrons. The lowest BCUT2D eigenvalue weighted by Crippen LogP contribution is -2.29. The largest absolute Gasteiger partial charge is 0.504 e. The van der Waals surface area contributed by atoms with Crippen molar-refractivity contribution in [1.29, 1.82) is 0 Å². The molecule has 0 aliphatic carbocycles. The number of hydrogen-bond acceptors (Lipinski definition) is 4. The minimum atomic E-state index is -0.330. The third-order valence-corrected chi connectivity index (χ3v) is 6.72. The van der Waals surface area contributed by atoms with Crippen molar-refractivity contribution in [2.24, 2.45) is 0 Å². The van der Waals surface area contributed by atoms with E-state index >= 15 is 0 Å². The number of hydrogen-bond donors (Lipinski definition) is 1. The van der Waals surface area contributed by atoms with Gasteiger partial charge in [-0.3, -0.25) is 0 Å². The van der Waals surface area contributed by atoms with Crippen molar-refractivity contribution in [3.05, 3.63) is 46.5 Å². The van der Waals surface area contributed by atoms with Crippen molar-refractivity contribution in [3.8, 4) is 23.0 Å². The van der Waals surface area contributed by atoms with Crippen LogP contribution in [0.2, 0.25) is 0 Å². The second-order valence-corrected chi connectivity index (χ2v) is 19.4. The maximum absolute atomic E-state index is 10.6. The van der Waals surface area contributed by atoms with Crippen LogP contribution in [0.4, 0.5) is 0 Å². The number of ether oxygens (including phenoxy) is 3. The Morgan fingerprint density at radius 3 is 1.02 bits per heavy atom. The van der Waals surface area contributed by atoms with Gasteiger partial charge in [-0.25, -0.2) is 0 Å². The van der Waals surface area contributed by atoms with Crippen LogP contribution in [0.1, 0.15) is 168 Å². The van der Waals surface area contributed by atoms with Gasteiger partial charge in [0.1, 0.15) is 16.8 Å². The Morgan fingerprint density at radius 1 is 0.386 bits per heavy atom. The topological polar surface area (TPSA) is 47.9 Å². The van der Waals surface area contributed by atoms with E-state index in [0.717, 1.165) is 17.1 Å². The zero-order chi connectivity index (χ0) is 35.1. The Labute approximate surface area is 272 Å². The summed E-state index contributed by atoms with van der Waals surface area (Å²) >= 11 is 0. The molecule has 0 unspecified atom stereocenters. The predicted octanol–water partition coefficient (Wildman–Crippen LogP) is 11.8. The Morgan fingerprint density at radius 2 is 0.705 bits per heavy atom. The first-order chi connectivity index (χ1) is 19.1. The number of benzene rings is 2. The lowest BCUT2D eigenvalue weighted by molar-refractivity contribution is 0.0933. The minimum Gasteiger partial charge on any atom is -0.504 e. The van der Waals surface area contributed by atoms with Crippen molar-refractivity contribution in [2.75, 3.05) is 0 Å². The van der Waals surface area contributed by atoms with Crippen LogP contribution in [0, 0.1) is 0 Å². The van der Waals surface area contributed by atoms with Gasteiger partial charge in [-0.05, 0) is 107 Å². The van der Waals surface area contributed by atoms with Crippen LogP contribution < -0.4 is 14.2 Å². The van der Waals surface area contributed by atoms with Crippen LogP contribution in [0.5, 0.6) is 23.0 Å². The van der Waals surface area contributed by atoms with E-state index in [0.29, 0.717) is 5.75 Å². The van der Waals surface area contributed by atoms with E-state index in [2.05, 4.69) is 143 Å². The monoisotopic (exact) mass is 613 g/mol. The normalized spacial score (nSPS) is 13.7. The summed E-state index contributed by atoms with van der Waals surface area (Å²) in [5, 5.41) is 10.6. The summed E-state index contributed by atoms with van der Waals surface area (Å²) in [4.78, 5) is 0. The first kappa shape index (κ1) is 39.7. The molecule has 0 aliphatic heterocycles. The average molecular weight is 613 g/mol. The fourth-order valence-corrected chi connectivity index (χ4v) is 4.43. The van der Waals surface area contributed by atoms with E-state index in [4.69, 9.17) is 14.2 Å². The molecule has 0 atom stereocenters. The van der Waals surface area contributed by atoms with Gasteiger partial charge in [-0.15, -0.1) is 0 Å². The molecule has 4 heteroatoms. The van der Waals surface area contributed by atoms with Crippen LogP contribution in [0.3, 0.4) is 0 Å². The van der Waals surface area contributed by atoms with Crippen molar-refractivity contribution < 1.29 is 19.3 Å². The molecular formula is C40H68O4. The number of rotatable bonds is 3. The molecule has 0 bridgehead atoms. The molecule has 0 amide bonds. The molecule has 0 saturated heterocycles. The highest BCUT2D eigenvalue weighted by atomic mass is 16.5. The second-order valence-electron chi connectivity index (χ2n) is 19.4. The SMILES string of the molecule is CC(C)(C)Oc1cc(C(C)(C)C)cc(C(C)(C)C)c1O.CC(C)(C)Oc1cc(C(C)(C)C)cc(C(C)(C)C)c1OC(C)(C)C. The molecule has 2 rings (SSSR count). The number of aromatic hydroxyl groups is 1. The number of phenols is 1. The summed E-state index contributed by atoms with van der Waals surface area (Å²) < 4.78 is 18.7. The molecule has 4 nitrogen and oxygen atoms in total. The van der Waals surface area contributed by atoms with E-state index < -0.39 is 0 Å². The first-order valence-corrected chi connectivity index (χ1v) is 16.3. The fraction of sp³-hybridized carbons (Fsp3) is 0.700. The zero-order valence-electron chi connectivity index (χ0n) is 32.5. The van der Waals surface area contributed by atoms with Crippen LogP contribution in [-0.4, -0.2) is 21.9 Å². The van der Waals surface area contributed by atoms with Gasteiger partial charge in [-0.1, -0.05) is 95.2 Å². The highest BCUT2D eigenvalue weighted by Gasteiger charge is 2.31. The molecule has 0 heterocycles. The average Bonchev–Trinajstić information content (AvgIpc) is 2.70. The van der Waals surface area contributed by atoms with Gasteiger partial charge in [0.25, 0.3) is 0 Å². The van der Waals surface area contributed by atoms with Crippen molar-refractivity contribution in [1.82, 2.24) is 0 Å². The van der Waals surface area contributed by atoms with E-state index in [1.54, 1.807) is 0 Å². The molecule has 2 aromatic carbocycles. The van der Waals surface area contributed by atoms with E-state index in [9.17, 15) is 5.11 Å². The molecule has 1 N–H and O–H groups in total.